The molecule has 1 rings (SSSR count). The molecule has 0 unspecified atom stereocenters. The summed E-state index contributed by atoms with van der Waals surface area (Å²) in [6.07, 6.45) is 0. The third kappa shape index (κ3) is 2.26. The maximum atomic E-state index is 11.2. The zero-order chi connectivity index (χ0) is 10.6. The van der Waals surface area contributed by atoms with Crippen molar-refractivity contribution in [2.75, 3.05) is 25.1 Å². The summed E-state index contributed by atoms with van der Waals surface area (Å²) < 4.78 is 4.65. The van der Waals surface area contributed by atoms with Crippen molar-refractivity contribution in [2.24, 2.45) is 0 Å². The highest BCUT2D eigenvalue weighted by Crippen LogP contribution is 2.26. The molecule has 0 amide bonds. The van der Waals surface area contributed by atoms with Gasteiger partial charge in [0.15, 0.2) is 0 Å². The highest BCUT2D eigenvalue weighted by atomic mass is 32.1. The van der Waals surface area contributed by atoms with Crippen LogP contribution in [0.1, 0.15) is 23.5 Å². The lowest BCUT2D eigenvalue weighted by molar-refractivity contribution is 0.0606. The van der Waals surface area contributed by atoms with Crippen LogP contribution in [0.5, 0.6) is 0 Å². The van der Waals surface area contributed by atoms with E-state index in [-0.39, 0.29) is 5.97 Å². The number of rotatable bonds is 4. The quantitative estimate of drug-likeness (QED) is 0.719. The van der Waals surface area contributed by atoms with Crippen LogP contribution in [0, 0.1) is 0 Å². The van der Waals surface area contributed by atoms with Crippen molar-refractivity contribution in [3.63, 3.8) is 0 Å². The summed E-state index contributed by atoms with van der Waals surface area (Å²) >= 11 is 1.47. The largest absolute Gasteiger partial charge is 0.465 e. The van der Waals surface area contributed by atoms with Crippen LogP contribution in [-0.2, 0) is 4.74 Å². The molecule has 0 saturated heterocycles. The zero-order valence-electron chi connectivity index (χ0n) is 8.74. The molecule has 0 fully saturated rings. The fraction of sp³-hybridized carbons (Fsp3) is 0.500. The van der Waals surface area contributed by atoms with Crippen LogP contribution >= 0.6 is 11.3 Å². The number of hydrogen-bond donors (Lipinski definition) is 0. The molecule has 0 atom stereocenters. The van der Waals surface area contributed by atoms with Gasteiger partial charge in [-0.05, 0) is 26.0 Å². The number of anilines is 1. The minimum atomic E-state index is -0.256. The van der Waals surface area contributed by atoms with E-state index in [9.17, 15) is 4.79 Å². The Labute approximate surface area is 88.3 Å². The van der Waals surface area contributed by atoms with E-state index >= 15 is 0 Å². The molecule has 1 heterocycles. The van der Waals surface area contributed by atoms with Crippen molar-refractivity contribution in [1.29, 1.82) is 0 Å². The Balaban J connectivity index is 2.81. The van der Waals surface area contributed by atoms with Crippen LogP contribution in [0.3, 0.4) is 0 Å². The minimum Gasteiger partial charge on any atom is -0.465 e. The van der Waals surface area contributed by atoms with E-state index in [1.54, 1.807) is 0 Å². The molecule has 0 spiro atoms. The molecule has 3 nitrogen and oxygen atoms in total. The molecule has 0 aliphatic carbocycles. The summed E-state index contributed by atoms with van der Waals surface area (Å²) in [5.74, 6) is -0.256. The Hall–Kier alpha value is -1.03. The number of esters is 1. The van der Waals surface area contributed by atoms with Crippen molar-refractivity contribution >= 4 is 22.3 Å². The molecule has 14 heavy (non-hydrogen) atoms. The molecule has 1 aromatic heterocycles. The number of hydrogen-bond acceptors (Lipinski definition) is 4. The van der Waals surface area contributed by atoms with Gasteiger partial charge in [-0.25, -0.2) is 4.79 Å². The molecule has 0 bridgehead atoms. The van der Waals surface area contributed by atoms with E-state index in [1.807, 2.05) is 12.1 Å². The molecule has 4 heteroatoms. The summed E-state index contributed by atoms with van der Waals surface area (Å²) in [4.78, 5) is 14.1. The lowest BCUT2D eigenvalue weighted by atomic mass is 10.4. The number of methoxy groups -OCH3 is 1. The molecule has 78 valence electrons. The molecular formula is C10H15NO2S. The zero-order valence-corrected chi connectivity index (χ0v) is 9.56. The normalized spacial score (nSPS) is 9.93. The molecule has 0 N–H and O–H groups in total. The fourth-order valence-corrected chi connectivity index (χ4v) is 2.29. The topological polar surface area (TPSA) is 29.5 Å². The first-order valence-corrected chi connectivity index (χ1v) is 5.47. The van der Waals surface area contributed by atoms with Crippen LogP contribution < -0.4 is 4.90 Å². The average molecular weight is 213 g/mol. The Kier molecular flexibility index (Phi) is 3.95. The molecule has 1 aromatic rings. The van der Waals surface area contributed by atoms with Gasteiger partial charge in [-0.2, -0.15) is 0 Å². The summed E-state index contributed by atoms with van der Waals surface area (Å²) in [5.41, 5.74) is 0. The predicted octanol–water partition coefficient (Wildman–Crippen LogP) is 2.38. The highest BCUT2D eigenvalue weighted by molar-refractivity contribution is 7.17. The van der Waals surface area contributed by atoms with Crippen molar-refractivity contribution in [3.8, 4) is 0 Å². The van der Waals surface area contributed by atoms with E-state index in [1.165, 1.54) is 18.4 Å². The predicted molar refractivity (Wildman–Crippen MR) is 59.2 cm³/mol. The Morgan fingerprint density at radius 3 is 2.57 bits per heavy atom. The first-order valence-electron chi connectivity index (χ1n) is 4.66. The first kappa shape index (κ1) is 11.0. The number of ether oxygens (including phenoxy) is 1. The van der Waals surface area contributed by atoms with E-state index < -0.39 is 0 Å². The van der Waals surface area contributed by atoms with Gasteiger partial charge in [0, 0.05) is 13.1 Å². The highest BCUT2D eigenvalue weighted by Gasteiger charge is 2.11. The summed E-state index contributed by atoms with van der Waals surface area (Å²) in [5, 5.41) is 1.12. The van der Waals surface area contributed by atoms with Gasteiger partial charge >= 0.3 is 5.97 Å². The standard InChI is InChI=1S/C10H15NO2S/c1-4-11(5-2)9-7-6-8(14-9)10(12)13-3/h6-7H,4-5H2,1-3H3. The van der Waals surface area contributed by atoms with Gasteiger partial charge in [-0.1, -0.05) is 0 Å². The van der Waals surface area contributed by atoms with Crippen LogP contribution in [0.15, 0.2) is 12.1 Å². The van der Waals surface area contributed by atoms with E-state index in [0.717, 1.165) is 18.1 Å². The Morgan fingerprint density at radius 1 is 1.43 bits per heavy atom. The monoisotopic (exact) mass is 213 g/mol. The number of carbonyl (C=O) groups excluding carboxylic acids is 1. The lowest BCUT2D eigenvalue weighted by Crippen LogP contribution is -2.20. The van der Waals surface area contributed by atoms with Crippen molar-refractivity contribution < 1.29 is 9.53 Å². The van der Waals surface area contributed by atoms with Gasteiger partial charge in [-0.3, -0.25) is 0 Å². The summed E-state index contributed by atoms with van der Waals surface area (Å²) in [6.45, 7) is 6.11. The van der Waals surface area contributed by atoms with Crippen LogP contribution in [-0.4, -0.2) is 26.2 Å². The fourth-order valence-electron chi connectivity index (χ4n) is 1.24. The van der Waals surface area contributed by atoms with Crippen molar-refractivity contribution in [2.45, 2.75) is 13.8 Å². The molecule has 0 aliphatic heterocycles. The van der Waals surface area contributed by atoms with Crippen LogP contribution in [0.4, 0.5) is 5.00 Å². The van der Waals surface area contributed by atoms with E-state index in [2.05, 4.69) is 23.5 Å². The van der Waals surface area contributed by atoms with Gasteiger partial charge in [-0.15, -0.1) is 11.3 Å². The average Bonchev–Trinajstić information content (AvgIpc) is 2.68. The minimum absolute atomic E-state index is 0.256. The maximum absolute atomic E-state index is 11.2. The molecule has 0 radical (unpaired) electrons. The smallest absolute Gasteiger partial charge is 0.348 e. The molecular weight excluding hydrogens is 198 g/mol. The van der Waals surface area contributed by atoms with Crippen molar-refractivity contribution in [3.05, 3.63) is 17.0 Å². The number of thiophene rings is 1. The van der Waals surface area contributed by atoms with Gasteiger partial charge in [0.1, 0.15) is 4.88 Å². The summed E-state index contributed by atoms with van der Waals surface area (Å²) in [6, 6.07) is 3.77. The molecule has 0 aromatic carbocycles. The van der Waals surface area contributed by atoms with Crippen molar-refractivity contribution in [1.82, 2.24) is 0 Å². The maximum Gasteiger partial charge on any atom is 0.348 e. The lowest BCUT2D eigenvalue weighted by Gasteiger charge is -2.17. The third-order valence-corrected chi connectivity index (χ3v) is 3.18. The third-order valence-electron chi connectivity index (χ3n) is 2.05. The second kappa shape index (κ2) is 5.00. The van der Waals surface area contributed by atoms with Gasteiger partial charge < -0.3 is 9.64 Å². The van der Waals surface area contributed by atoms with Gasteiger partial charge in [0.05, 0.1) is 12.1 Å². The Bertz CT molecular complexity index is 305. The number of nitrogens with zero attached hydrogens (tertiary/aromatic N) is 1. The molecule has 0 saturated carbocycles. The second-order valence-electron chi connectivity index (χ2n) is 2.80. The second-order valence-corrected chi connectivity index (χ2v) is 3.86. The van der Waals surface area contributed by atoms with E-state index in [0.29, 0.717) is 4.88 Å². The van der Waals surface area contributed by atoms with Gasteiger partial charge in [0.2, 0.25) is 0 Å². The van der Waals surface area contributed by atoms with Crippen LogP contribution in [0.25, 0.3) is 0 Å². The Morgan fingerprint density at radius 2 is 2.07 bits per heavy atom. The SMILES string of the molecule is CCN(CC)c1ccc(C(=O)OC)s1. The molecule has 0 aliphatic rings. The first-order chi connectivity index (χ1) is 6.72. The van der Waals surface area contributed by atoms with Gasteiger partial charge in [0.25, 0.3) is 0 Å². The number of carbonyl (C=O) groups is 1. The summed E-state index contributed by atoms with van der Waals surface area (Å²) in [7, 11) is 1.40. The van der Waals surface area contributed by atoms with E-state index in [4.69, 9.17) is 0 Å². The van der Waals surface area contributed by atoms with Crippen LogP contribution in [0.2, 0.25) is 0 Å².